The Labute approximate surface area is 298 Å². The van der Waals surface area contributed by atoms with Crippen molar-refractivity contribution >= 4 is 106 Å². The molecule has 43 heavy (non-hydrogen) atoms. The number of carboxylic acid groups (broad SMARTS) is 2. The molecule has 0 fully saturated rings. The Morgan fingerprint density at radius 3 is 0.767 bits per heavy atom. The number of benzene rings is 5. The normalized spacial score (nSPS) is 8.88. The average molecular weight is 802 g/mol. The molecule has 0 heterocycles. The molecule has 220 valence electrons. The molecule has 0 amide bonds. The van der Waals surface area contributed by atoms with Crippen molar-refractivity contribution in [3.05, 3.63) is 175 Å². The monoisotopic (exact) mass is 798 g/mol. The molecule has 0 aliphatic carbocycles. The van der Waals surface area contributed by atoms with Crippen LogP contribution in [0.15, 0.2) is 115 Å². The molecule has 0 saturated heterocycles. The van der Waals surface area contributed by atoms with Gasteiger partial charge in [0.2, 0.25) is 0 Å². The van der Waals surface area contributed by atoms with Crippen molar-refractivity contribution in [2.75, 3.05) is 0 Å². The van der Waals surface area contributed by atoms with Crippen LogP contribution in [0.2, 0.25) is 30.1 Å². The molecule has 5 aromatic rings. The second kappa shape index (κ2) is 24.0. The number of rotatable bonds is 2. The molecule has 4 nitrogen and oxygen atoms in total. The van der Waals surface area contributed by atoms with Gasteiger partial charge in [0, 0.05) is 45.6 Å². The molecule has 0 aromatic heterocycles. The Hall–Kier alpha value is -2.40. The van der Waals surface area contributed by atoms with Gasteiger partial charge in [-0.3, -0.25) is 0 Å². The van der Waals surface area contributed by atoms with E-state index in [0.717, 1.165) is 0 Å². The summed E-state index contributed by atoms with van der Waals surface area (Å²) in [5.74, 6) is -2.83. The zero-order valence-corrected chi connectivity index (χ0v) is 28.9. The standard InChI is InChI=1S/2C7H3Cl3O2.3C6H5.Sb/c2*8-3-1-4(9)6(7(11)12)5(10)2-3;3*1-2-4-6-5-3-1;/h2*1-2H,(H,11,12);3*1-5H;/p-2. The quantitative estimate of drug-likeness (QED) is 0.169. The number of carboxylic acids is 2. The Morgan fingerprint density at radius 1 is 0.442 bits per heavy atom. The molecule has 0 unspecified atom stereocenters. The van der Waals surface area contributed by atoms with Gasteiger partial charge in [-0.1, -0.05) is 161 Å². The maximum Gasteiger partial charge on any atom is 0.0745 e. The van der Waals surface area contributed by atoms with Gasteiger partial charge in [-0.25, -0.2) is 0 Å². The summed E-state index contributed by atoms with van der Waals surface area (Å²) >= 11 is 33.2. The molecular formula is C32H19Cl6O4Sb-2. The van der Waals surface area contributed by atoms with Gasteiger partial charge in [0.1, 0.15) is 0 Å². The predicted octanol–water partition coefficient (Wildman–Crippen LogP) is 8.10. The molecule has 11 heteroatoms. The third-order valence-corrected chi connectivity index (χ3v) is 5.87. The fraction of sp³-hybridized carbons (Fsp3) is 0. The van der Waals surface area contributed by atoms with Gasteiger partial charge in [-0.05, 0) is 42.5 Å². The molecule has 0 saturated carbocycles. The van der Waals surface area contributed by atoms with Crippen LogP contribution < -0.4 is 10.2 Å². The van der Waals surface area contributed by atoms with Gasteiger partial charge < -0.3 is 19.8 Å². The molecule has 5 rings (SSSR count). The average Bonchev–Trinajstić information content (AvgIpc) is 2.96. The van der Waals surface area contributed by atoms with Crippen molar-refractivity contribution < 1.29 is 19.8 Å². The Kier molecular flexibility index (Phi) is 22.6. The van der Waals surface area contributed by atoms with Gasteiger partial charge in [-0.2, -0.15) is 0 Å². The molecule has 5 aromatic carbocycles. The van der Waals surface area contributed by atoms with E-state index < -0.39 is 11.9 Å². The molecule has 0 atom stereocenters. The minimum Gasteiger partial charge on any atom is -0.545 e. The van der Waals surface area contributed by atoms with Crippen LogP contribution in [0.3, 0.4) is 0 Å². The van der Waals surface area contributed by atoms with Gasteiger partial charge in [0.05, 0.1) is 32.0 Å². The van der Waals surface area contributed by atoms with Crippen molar-refractivity contribution in [3.8, 4) is 0 Å². The first kappa shape index (κ1) is 40.6. The first-order chi connectivity index (χ1) is 20.0. The minimum atomic E-state index is -1.42. The van der Waals surface area contributed by atoms with Gasteiger partial charge in [-0.15, -0.1) is 0 Å². The number of halogens is 6. The summed E-state index contributed by atoms with van der Waals surface area (Å²) in [5, 5.41) is 21.4. The molecule has 6 radical (unpaired) electrons. The van der Waals surface area contributed by atoms with Gasteiger partial charge >= 0.3 is 0 Å². The number of carbonyl (C=O) groups is 2. The molecule has 0 N–H and O–H groups in total. The van der Waals surface area contributed by atoms with Crippen LogP contribution in [0, 0.1) is 18.2 Å². The van der Waals surface area contributed by atoms with Crippen LogP contribution in [0.1, 0.15) is 20.7 Å². The van der Waals surface area contributed by atoms with Crippen molar-refractivity contribution in [1.82, 2.24) is 0 Å². The van der Waals surface area contributed by atoms with E-state index in [1.54, 1.807) is 0 Å². The van der Waals surface area contributed by atoms with E-state index in [-0.39, 0.29) is 65.7 Å². The Balaban J connectivity index is 0.000000529. The summed E-state index contributed by atoms with van der Waals surface area (Å²) in [5.41, 5.74) is -0.467. The second-order valence-corrected chi connectivity index (χ2v) is 9.80. The Morgan fingerprint density at radius 2 is 0.651 bits per heavy atom. The third-order valence-electron chi connectivity index (χ3n) is 4.24. The van der Waals surface area contributed by atoms with Crippen molar-refractivity contribution in [3.63, 3.8) is 0 Å². The van der Waals surface area contributed by atoms with Gasteiger partial charge in [0.15, 0.2) is 0 Å². The number of hydrogen-bond acceptors (Lipinski definition) is 4. The first-order valence-corrected chi connectivity index (χ1v) is 13.8. The van der Waals surface area contributed by atoms with Crippen LogP contribution >= 0.6 is 69.6 Å². The summed E-state index contributed by atoms with van der Waals surface area (Å²) in [6.07, 6.45) is 0. The fourth-order valence-electron chi connectivity index (χ4n) is 2.50. The van der Waals surface area contributed by atoms with Gasteiger partial charge in [0.25, 0.3) is 0 Å². The summed E-state index contributed by atoms with van der Waals surface area (Å²) in [6, 6.07) is 42.7. The van der Waals surface area contributed by atoms with Crippen LogP contribution in [-0.4, -0.2) is 36.4 Å². The molecule has 0 spiro atoms. The van der Waals surface area contributed by atoms with E-state index in [4.69, 9.17) is 69.6 Å². The summed E-state index contributed by atoms with van der Waals surface area (Å²) in [6.45, 7) is 0. The van der Waals surface area contributed by atoms with Crippen molar-refractivity contribution in [1.29, 1.82) is 0 Å². The van der Waals surface area contributed by atoms with Crippen LogP contribution in [0.4, 0.5) is 0 Å². The Bertz CT molecular complexity index is 1220. The van der Waals surface area contributed by atoms with Crippen molar-refractivity contribution in [2.24, 2.45) is 0 Å². The molecule has 0 bridgehead atoms. The first-order valence-electron chi connectivity index (χ1n) is 11.5. The minimum absolute atomic E-state index is 0. The summed E-state index contributed by atoms with van der Waals surface area (Å²) < 4.78 is 0. The van der Waals surface area contributed by atoms with Crippen LogP contribution in [0.5, 0.6) is 0 Å². The number of hydrogen-bond donors (Lipinski definition) is 0. The SMILES string of the molecule is O=C([O-])c1c(Cl)cc(Cl)cc1Cl.O=C([O-])c1c(Cl)cc(Cl)cc1Cl.[Sb].[c]1ccccc1.[c]1ccccc1.[c]1ccccc1. The van der Waals surface area contributed by atoms with E-state index in [9.17, 15) is 19.8 Å². The van der Waals surface area contributed by atoms with E-state index in [1.807, 2.05) is 91.0 Å². The maximum absolute atomic E-state index is 10.4. The largest absolute Gasteiger partial charge is 0.545 e. The molecular weight excluding hydrogens is 783 g/mol. The number of carbonyl (C=O) groups excluding carboxylic acids is 2. The van der Waals surface area contributed by atoms with E-state index in [0.29, 0.717) is 0 Å². The maximum atomic E-state index is 10.4. The van der Waals surface area contributed by atoms with E-state index >= 15 is 0 Å². The van der Waals surface area contributed by atoms with Crippen molar-refractivity contribution in [2.45, 2.75) is 0 Å². The zero-order valence-electron chi connectivity index (χ0n) is 21.8. The van der Waals surface area contributed by atoms with E-state index in [2.05, 4.69) is 18.2 Å². The summed E-state index contributed by atoms with van der Waals surface area (Å²) in [4.78, 5) is 20.9. The zero-order chi connectivity index (χ0) is 31.3. The van der Waals surface area contributed by atoms with Crippen LogP contribution in [-0.2, 0) is 0 Å². The smallest absolute Gasteiger partial charge is 0.0745 e. The fourth-order valence-corrected chi connectivity index (χ4v) is 4.44. The predicted molar refractivity (Wildman–Crippen MR) is 173 cm³/mol. The summed E-state index contributed by atoms with van der Waals surface area (Å²) in [7, 11) is 0. The second-order valence-electron chi connectivity index (χ2n) is 7.30. The third kappa shape index (κ3) is 18.1. The molecule has 0 aliphatic rings. The number of aromatic carboxylic acids is 2. The van der Waals surface area contributed by atoms with E-state index in [1.165, 1.54) is 24.3 Å². The topological polar surface area (TPSA) is 80.3 Å². The van der Waals surface area contributed by atoms with Crippen LogP contribution in [0.25, 0.3) is 0 Å². The molecule has 0 aliphatic heterocycles.